The summed E-state index contributed by atoms with van der Waals surface area (Å²) in [5, 5.41) is 3.28. The lowest BCUT2D eigenvalue weighted by atomic mass is 10.1. The monoisotopic (exact) mass is 599 g/mol. The molecular weight excluding hydrogens is 562 g/mol. The van der Waals surface area contributed by atoms with Gasteiger partial charge in [0.2, 0.25) is 11.8 Å². The first-order valence-electron chi connectivity index (χ1n) is 13.8. The van der Waals surface area contributed by atoms with Gasteiger partial charge in [0, 0.05) is 18.1 Å². The Morgan fingerprint density at radius 1 is 0.927 bits per heavy atom. The lowest BCUT2D eigenvalue weighted by molar-refractivity contribution is -0.139. The first-order chi connectivity index (χ1) is 19.7. The van der Waals surface area contributed by atoms with Gasteiger partial charge in [-0.25, -0.2) is 8.42 Å². The van der Waals surface area contributed by atoms with Crippen LogP contribution in [0.3, 0.4) is 0 Å². The van der Waals surface area contributed by atoms with Crippen molar-refractivity contribution in [3.05, 3.63) is 89.4 Å². The summed E-state index contributed by atoms with van der Waals surface area (Å²) < 4.78 is 34.9. The van der Waals surface area contributed by atoms with Crippen LogP contribution in [0.4, 0.5) is 5.69 Å². The molecule has 220 valence electrons. The normalized spacial score (nSPS) is 11.9. The molecule has 10 heteroatoms. The van der Waals surface area contributed by atoms with Crippen LogP contribution in [0, 0.1) is 0 Å². The summed E-state index contributed by atoms with van der Waals surface area (Å²) in [5.41, 5.74) is 1.23. The van der Waals surface area contributed by atoms with E-state index in [1.807, 2.05) is 44.2 Å². The summed E-state index contributed by atoms with van der Waals surface area (Å²) >= 11 is 6.03. The topological polar surface area (TPSA) is 96.0 Å². The molecule has 1 N–H and O–H groups in total. The Kier molecular flexibility index (Phi) is 12.0. The Balaban J connectivity index is 2.05. The first-order valence-corrected chi connectivity index (χ1v) is 15.7. The highest BCUT2D eigenvalue weighted by Gasteiger charge is 2.34. The van der Waals surface area contributed by atoms with Crippen LogP contribution < -0.4 is 14.4 Å². The molecule has 0 heterocycles. The number of hydrogen-bond acceptors (Lipinski definition) is 5. The average molecular weight is 600 g/mol. The molecule has 1 unspecified atom stereocenters. The molecule has 3 rings (SSSR count). The fraction of sp³-hybridized carbons (Fsp3) is 0.355. The average Bonchev–Trinajstić information content (AvgIpc) is 2.98. The third kappa shape index (κ3) is 8.47. The van der Waals surface area contributed by atoms with Gasteiger partial charge in [0.25, 0.3) is 10.0 Å². The Labute approximate surface area is 248 Å². The summed E-state index contributed by atoms with van der Waals surface area (Å²) in [6.07, 6.45) is 1.63. The summed E-state index contributed by atoms with van der Waals surface area (Å²) in [4.78, 5) is 28.7. The molecule has 0 radical (unpaired) electrons. The zero-order chi connectivity index (χ0) is 29.8. The van der Waals surface area contributed by atoms with E-state index in [9.17, 15) is 18.0 Å². The number of anilines is 1. The van der Waals surface area contributed by atoms with E-state index in [4.69, 9.17) is 16.3 Å². The van der Waals surface area contributed by atoms with Gasteiger partial charge in [-0.3, -0.25) is 13.9 Å². The molecule has 1 atom stereocenters. The van der Waals surface area contributed by atoms with Gasteiger partial charge in [-0.05, 0) is 68.1 Å². The molecule has 0 saturated heterocycles. The first kappa shape index (κ1) is 32.0. The van der Waals surface area contributed by atoms with Crippen molar-refractivity contribution in [3.63, 3.8) is 0 Å². The van der Waals surface area contributed by atoms with Gasteiger partial charge >= 0.3 is 0 Å². The van der Waals surface area contributed by atoms with Crippen molar-refractivity contribution < 1.29 is 22.7 Å². The molecule has 8 nitrogen and oxygen atoms in total. The zero-order valence-electron chi connectivity index (χ0n) is 23.8. The zero-order valence-corrected chi connectivity index (χ0v) is 25.3. The van der Waals surface area contributed by atoms with Crippen LogP contribution in [-0.4, -0.2) is 57.4 Å². The van der Waals surface area contributed by atoms with Crippen LogP contribution in [0.25, 0.3) is 0 Å². The SMILES string of the molecule is CCCNC(=O)C(CC)N(CCc1ccccc1)C(=O)CN(c1ccccc1OCC)S(=O)(=O)c1ccc(Cl)cc1. The molecule has 0 aliphatic heterocycles. The molecule has 3 aromatic rings. The maximum atomic E-state index is 14.1. The van der Waals surface area contributed by atoms with Crippen molar-refractivity contribution in [2.75, 3.05) is 30.5 Å². The van der Waals surface area contributed by atoms with E-state index in [1.54, 1.807) is 31.2 Å². The number of halogens is 1. The Hall–Kier alpha value is -3.56. The van der Waals surface area contributed by atoms with E-state index in [-0.39, 0.29) is 23.0 Å². The standard InChI is InChI=1S/C31H38ClN3O5S/c1-4-21-33-31(37)27(5-2)34(22-20-24-12-8-7-9-13-24)30(36)23-35(28-14-10-11-15-29(28)40-6-3)41(38,39)26-18-16-25(32)17-19-26/h7-19,27H,4-6,20-23H2,1-3H3,(H,33,37). The predicted octanol–water partition coefficient (Wildman–Crippen LogP) is 5.31. The number of carbonyl (C=O) groups excluding carboxylic acids is 2. The smallest absolute Gasteiger partial charge is 0.264 e. The van der Waals surface area contributed by atoms with Gasteiger partial charge in [0.1, 0.15) is 18.3 Å². The molecule has 0 saturated carbocycles. The van der Waals surface area contributed by atoms with Crippen molar-refractivity contribution >= 4 is 39.1 Å². The molecule has 3 aromatic carbocycles. The summed E-state index contributed by atoms with van der Waals surface area (Å²) in [6, 6.07) is 21.3. The number of benzene rings is 3. The maximum absolute atomic E-state index is 14.1. The predicted molar refractivity (Wildman–Crippen MR) is 163 cm³/mol. The van der Waals surface area contributed by atoms with E-state index >= 15 is 0 Å². The quantitative estimate of drug-likeness (QED) is 0.255. The number of rotatable bonds is 15. The lowest BCUT2D eigenvalue weighted by Gasteiger charge is -2.33. The summed E-state index contributed by atoms with van der Waals surface area (Å²) in [6.45, 7) is 6.09. The molecule has 2 amide bonds. The van der Waals surface area contributed by atoms with Gasteiger partial charge in [-0.1, -0.05) is 67.9 Å². The maximum Gasteiger partial charge on any atom is 0.264 e. The molecule has 0 bridgehead atoms. The van der Waals surface area contributed by atoms with Crippen LogP contribution in [0.2, 0.25) is 5.02 Å². The molecule has 0 aliphatic carbocycles. The van der Waals surface area contributed by atoms with E-state index in [0.29, 0.717) is 36.8 Å². The van der Waals surface area contributed by atoms with Gasteiger partial charge in [-0.2, -0.15) is 0 Å². The summed E-state index contributed by atoms with van der Waals surface area (Å²) in [7, 11) is -4.23. The molecular formula is C31H38ClN3O5S. The third-order valence-corrected chi connectivity index (χ3v) is 8.56. The summed E-state index contributed by atoms with van der Waals surface area (Å²) in [5.74, 6) is -0.440. The molecule has 0 aliphatic rings. The Bertz CT molecular complexity index is 1380. The third-order valence-electron chi connectivity index (χ3n) is 6.53. The van der Waals surface area contributed by atoms with Crippen molar-refractivity contribution in [1.29, 1.82) is 0 Å². The second-order valence-electron chi connectivity index (χ2n) is 9.40. The minimum atomic E-state index is -4.23. The van der Waals surface area contributed by atoms with E-state index in [0.717, 1.165) is 16.3 Å². The van der Waals surface area contributed by atoms with Crippen LogP contribution in [-0.2, 0) is 26.0 Å². The van der Waals surface area contributed by atoms with E-state index in [1.165, 1.54) is 29.2 Å². The van der Waals surface area contributed by atoms with E-state index < -0.39 is 28.5 Å². The Morgan fingerprint density at radius 3 is 2.22 bits per heavy atom. The fourth-order valence-corrected chi connectivity index (χ4v) is 6.00. The number of amides is 2. The second kappa shape index (κ2) is 15.4. The number of ether oxygens (including phenoxy) is 1. The van der Waals surface area contributed by atoms with Crippen LogP contribution in [0.1, 0.15) is 39.2 Å². The highest BCUT2D eigenvalue weighted by molar-refractivity contribution is 7.92. The van der Waals surface area contributed by atoms with Crippen molar-refractivity contribution in [1.82, 2.24) is 10.2 Å². The van der Waals surface area contributed by atoms with Crippen LogP contribution in [0.15, 0.2) is 83.8 Å². The van der Waals surface area contributed by atoms with Crippen molar-refractivity contribution in [2.45, 2.75) is 51.0 Å². The highest BCUT2D eigenvalue weighted by Crippen LogP contribution is 2.33. The number of nitrogens with zero attached hydrogens (tertiary/aromatic N) is 2. The molecule has 0 aromatic heterocycles. The number of sulfonamides is 1. The van der Waals surface area contributed by atoms with Gasteiger partial charge in [0.05, 0.1) is 17.2 Å². The molecule has 0 fully saturated rings. The van der Waals surface area contributed by atoms with Crippen molar-refractivity contribution in [2.24, 2.45) is 0 Å². The number of nitrogens with one attached hydrogen (secondary N) is 1. The number of hydrogen-bond donors (Lipinski definition) is 1. The van der Waals surface area contributed by atoms with Gasteiger partial charge in [-0.15, -0.1) is 0 Å². The fourth-order valence-electron chi connectivity index (χ4n) is 4.45. The minimum absolute atomic E-state index is 0.0235. The van der Waals surface area contributed by atoms with Crippen LogP contribution in [0.5, 0.6) is 5.75 Å². The van der Waals surface area contributed by atoms with E-state index in [2.05, 4.69) is 5.32 Å². The van der Waals surface area contributed by atoms with Crippen LogP contribution >= 0.6 is 11.6 Å². The highest BCUT2D eigenvalue weighted by atomic mass is 35.5. The second-order valence-corrected chi connectivity index (χ2v) is 11.7. The number of para-hydroxylation sites is 2. The number of carbonyl (C=O) groups is 2. The Morgan fingerprint density at radius 2 is 1.59 bits per heavy atom. The van der Waals surface area contributed by atoms with Crippen molar-refractivity contribution in [3.8, 4) is 5.75 Å². The molecule has 0 spiro atoms. The largest absolute Gasteiger partial charge is 0.492 e. The van der Waals surface area contributed by atoms with Gasteiger partial charge in [0.15, 0.2) is 0 Å². The molecule has 41 heavy (non-hydrogen) atoms. The van der Waals surface area contributed by atoms with Gasteiger partial charge < -0.3 is 15.0 Å². The minimum Gasteiger partial charge on any atom is -0.492 e. The lowest BCUT2D eigenvalue weighted by Crippen LogP contribution is -2.53.